The van der Waals surface area contributed by atoms with Crippen molar-refractivity contribution in [3.05, 3.63) is 69.5 Å². The molecule has 3 aromatic rings. The summed E-state index contributed by atoms with van der Waals surface area (Å²) in [5, 5.41) is 7.33. The van der Waals surface area contributed by atoms with Crippen LogP contribution in [0, 0.1) is 20.8 Å². The molecule has 0 aliphatic rings. The van der Waals surface area contributed by atoms with Crippen molar-refractivity contribution >= 4 is 43.2 Å². The van der Waals surface area contributed by atoms with Crippen molar-refractivity contribution in [2.24, 2.45) is 0 Å². The van der Waals surface area contributed by atoms with E-state index in [9.17, 15) is 13.2 Å². The number of carbonyl (C=O) groups is 1. The smallest absolute Gasteiger partial charge is 0.255 e. The Balaban J connectivity index is 1.74. The standard InChI is InChI=1S/C21H23BrN4O3S/c1-5-30(28,29)25-19-11-8-17(12-13(19)2)23-21(27)16-6-9-18(10-7-16)26-15(4)20(22)14(3)24-26/h6-12,25H,5H2,1-4H3,(H,23,27). The number of aromatic nitrogens is 2. The van der Waals surface area contributed by atoms with Crippen molar-refractivity contribution in [2.45, 2.75) is 27.7 Å². The van der Waals surface area contributed by atoms with Crippen LogP contribution in [0.15, 0.2) is 46.9 Å². The highest BCUT2D eigenvalue weighted by Crippen LogP contribution is 2.24. The highest BCUT2D eigenvalue weighted by atomic mass is 79.9. The Morgan fingerprint density at radius 1 is 1.10 bits per heavy atom. The van der Waals surface area contributed by atoms with Gasteiger partial charge in [-0.05, 0) is 91.7 Å². The largest absolute Gasteiger partial charge is 0.322 e. The number of nitrogens with zero attached hydrogens (tertiary/aromatic N) is 2. The fraction of sp³-hybridized carbons (Fsp3) is 0.238. The number of hydrogen-bond donors (Lipinski definition) is 2. The molecule has 158 valence electrons. The Labute approximate surface area is 184 Å². The average Bonchev–Trinajstić information content (AvgIpc) is 2.97. The normalized spacial score (nSPS) is 11.4. The van der Waals surface area contributed by atoms with Gasteiger partial charge in [0.25, 0.3) is 5.91 Å². The Bertz CT molecular complexity index is 1200. The number of hydrogen-bond acceptors (Lipinski definition) is 4. The second-order valence-electron chi connectivity index (χ2n) is 6.93. The zero-order chi connectivity index (χ0) is 22.1. The molecule has 1 heterocycles. The Morgan fingerprint density at radius 2 is 1.77 bits per heavy atom. The van der Waals surface area contributed by atoms with E-state index in [1.807, 2.05) is 30.7 Å². The molecule has 2 N–H and O–H groups in total. The van der Waals surface area contributed by atoms with Gasteiger partial charge in [0, 0.05) is 11.3 Å². The van der Waals surface area contributed by atoms with Crippen molar-refractivity contribution in [3.63, 3.8) is 0 Å². The van der Waals surface area contributed by atoms with E-state index in [1.54, 1.807) is 44.2 Å². The highest BCUT2D eigenvalue weighted by Gasteiger charge is 2.13. The summed E-state index contributed by atoms with van der Waals surface area (Å²) in [4.78, 5) is 12.6. The van der Waals surface area contributed by atoms with Gasteiger partial charge < -0.3 is 5.32 Å². The number of halogens is 1. The minimum absolute atomic E-state index is 0.00446. The fourth-order valence-corrected chi connectivity index (χ4v) is 3.88. The van der Waals surface area contributed by atoms with Gasteiger partial charge >= 0.3 is 0 Å². The average molecular weight is 491 g/mol. The van der Waals surface area contributed by atoms with Crippen LogP contribution >= 0.6 is 15.9 Å². The molecule has 0 aliphatic heterocycles. The van der Waals surface area contributed by atoms with Crippen LogP contribution < -0.4 is 10.0 Å². The van der Waals surface area contributed by atoms with Crippen LogP contribution in [0.4, 0.5) is 11.4 Å². The van der Waals surface area contributed by atoms with Gasteiger partial charge in [0.15, 0.2) is 0 Å². The minimum atomic E-state index is -3.35. The lowest BCUT2D eigenvalue weighted by Crippen LogP contribution is -2.16. The zero-order valence-corrected chi connectivity index (χ0v) is 19.6. The molecular weight excluding hydrogens is 468 g/mol. The fourth-order valence-electron chi connectivity index (χ4n) is 2.93. The molecule has 1 amide bonds. The Hall–Kier alpha value is -2.65. The molecule has 0 saturated heterocycles. The molecule has 0 bridgehead atoms. The molecule has 7 nitrogen and oxygen atoms in total. The highest BCUT2D eigenvalue weighted by molar-refractivity contribution is 9.10. The van der Waals surface area contributed by atoms with Crippen molar-refractivity contribution in [2.75, 3.05) is 15.8 Å². The molecule has 0 fully saturated rings. The third-order valence-corrected chi connectivity index (χ3v) is 7.15. The summed E-state index contributed by atoms with van der Waals surface area (Å²) in [5.41, 5.74) is 5.05. The van der Waals surface area contributed by atoms with Gasteiger partial charge in [-0.1, -0.05) is 0 Å². The number of anilines is 2. The lowest BCUT2D eigenvalue weighted by Gasteiger charge is -2.12. The van der Waals surface area contributed by atoms with E-state index in [-0.39, 0.29) is 11.7 Å². The quantitative estimate of drug-likeness (QED) is 0.528. The van der Waals surface area contributed by atoms with Crippen LogP contribution in [0.1, 0.15) is 34.2 Å². The lowest BCUT2D eigenvalue weighted by atomic mass is 10.1. The molecule has 0 unspecified atom stereocenters. The summed E-state index contributed by atoms with van der Waals surface area (Å²) in [7, 11) is -3.35. The van der Waals surface area contributed by atoms with Gasteiger partial charge in [0.2, 0.25) is 10.0 Å². The number of rotatable bonds is 6. The number of carbonyl (C=O) groups excluding carboxylic acids is 1. The predicted molar refractivity (Wildman–Crippen MR) is 123 cm³/mol. The van der Waals surface area contributed by atoms with Crippen molar-refractivity contribution < 1.29 is 13.2 Å². The van der Waals surface area contributed by atoms with Crippen LogP contribution in [0.2, 0.25) is 0 Å². The molecule has 2 aromatic carbocycles. The predicted octanol–water partition coefficient (Wildman–Crippen LogP) is 4.57. The van der Waals surface area contributed by atoms with Gasteiger partial charge in [0.05, 0.1) is 33.0 Å². The molecule has 0 spiro atoms. The van der Waals surface area contributed by atoms with Gasteiger partial charge in [-0.2, -0.15) is 5.10 Å². The number of nitrogens with one attached hydrogen (secondary N) is 2. The number of aryl methyl sites for hydroxylation is 2. The van der Waals surface area contributed by atoms with E-state index in [4.69, 9.17) is 0 Å². The molecule has 3 rings (SSSR count). The van der Waals surface area contributed by atoms with Crippen LogP contribution in [-0.4, -0.2) is 29.9 Å². The minimum Gasteiger partial charge on any atom is -0.322 e. The Kier molecular flexibility index (Phi) is 6.33. The first-order chi connectivity index (χ1) is 14.1. The van der Waals surface area contributed by atoms with E-state index in [0.717, 1.165) is 27.1 Å². The summed E-state index contributed by atoms with van der Waals surface area (Å²) in [6.07, 6.45) is 0. The number of sulfonamides is 1. The summed E-state index contributed by atoms with van der Waals surface area (Å²) < 4.78 is 28.8. The summed E-state index contributed by atoms with van der Waals surface area (Å²) in [6, 6.07) is 12.2. The van der Waals surface area contributed by atoms with E-state index in [0.29, 0.717) is 16.9 Å². The SMILES string of the molecule is CCS(=O)(=O)Nc1ccc(NC(=O)c2ccc(-n3nc(C)c(Br)c3C)cc2)cc1C. The van der Waals surface area contributed by atoms with E-state index in [1.165, 1.54) is 0 Å². The zero-order valence-electron chi connectivity index (χ0n) is 17.2. The lowest BCUT2D eigenvalue weighted by molar-refractivity contribution is 0.102. The molecule has 30 heavy (non-hydrogen) atoms. The van der Waals surface area contributed by atoms with Crippen LogP contribution in [0.5, 0.6) is 0 Å². The molecule has 0 atom stereocenters. The maximum Gasteiger partial charge on any atom is 0.255 e. The maximum atomic E-state index is 12.6. The summed E-state index contributed by atoms with van der Waals surface area (Å²) >= 11 is 3.52. The van der Waals surface area contributed by atoms with E-state index < -0.39 is 10.0 Å². The summed E-state index contributed by atoms with van der Waals surface area (Å²) in [5.74, 6) is -0.257. The molecule has 0 aliphatic carbocycles. The molecule has 0 saturated carbocycles. The van der Waals surface area contributed by atoms with E-state index in [2.05, 4.69) is 31.1 Å². The van der Waals surface area contributed by atoms with Gasteiger partial charge in [-0.15, -0.1) is 0 Å². The monoisotopic (exact) mass is 490 g/mol. The number of benzene rings is 2. The van der Waals surface area contributed by atoms with Gasteiger partial charge in [-0.25, -0.2) is 13.1 Å². The van der Waals surface area contributed by atoms with Crippen LogP contribution in [0.3, 0.4) is 0 Å². The molecular formula is C21H23BrN4O3S. The van der Waals surface area contributed by atoms with Gasteiger partial charge in [-0.3, -0.25) is 9.52 Å². The van der Waals surface area contributed by atoms with Crippen LogP contribution in [0.25, 0.3) is 5.69 Å². The topological polar surface area (TPSA) is 93.1 Å². The number of amides is 1. The van der Waals surface area contributed by atoms with Crippen molar-refractivity contribution in [1.29, 1.82) is 0 Å². The Morgan fingerprint density at radius 3 is 2.30 bits per heavy atom. The first-order valence-corrected chi connectivity index (χ1v) is 11.8. The van der Waals surface area contributed by atoms with Crippen LogP contribution in [-0.2, 0) is 10.0 Å². The first kappa shape index (κ1) is 22.0. The second kappa shape index (κ2) is 8.61. The maximum absolute atomic E-state index is 12.6. The summed E-state index contributed by atoms with van der Waals surface area (Å²) in [6.45, 7) is 7.25. The van der Waals surface area contributed by atoms with Gasteiger partial charge in [0.1, 0.15) is 0 Å². The van der Waals surface area contributed by atoms with Crippen molar-refractivity contribution in [1.82, 2.24) is 9.78 Å². The third-order valence-electron chi connectivity index (χ3n) is 4.71. The van der Waals surface area contributed by atoms with Crippen molar-refractivity contribution in [3.8, 4) is 5.69 Å². The molecule has 1 aromatic heterocycles. The second-order valence-corrected chi connectivity index (χ2v) is 9.74. The molecule has 0 radical (unpaired) electrons. The third kappa shape index (κ3) is 4.73. The first-order valence-electron chi connectivity index (χ1n) is 9.36. The molecule has 9 heteroatoms. The van der Waals surface area contributed by atoms with E-state index >= 15 is 0 Å².